The van der Waals surface area contributed by atoms with Crippen LogP contribution in [0.2, 0.25) is 0 Å². The van der Waals surface area contributed by atoms with E-state index in [9.17, 15) is 14.4 Å². The molecule has 0 unspecified atom stereocenters. The second-order valence-electron chi connectivity index (χ2n) is 6.59. The van der Waals surface area contributed by atoms with Gasteiger partial charge in [-0.25, -0.2) is 9.59 Å². The summed E-state index contributed by atoms with van der Waals surface area (Å²) in [7, 11) is 0. The zero-order valence-electron chi connectivity index (χ0n) is 16.1. The van der Waals surface area contributed by atoms with Crippen molar-refractivity contribution < 1.29 is 19.1 Å². The third-order valence-electron chi connectivity index (χ3n) is 4.43. The number of carbonyl (C=O) groups excluding carboxylic acids is 3. The van der Waals surface area contributed by atoms with E-state index in [0.29, 0.717) is 17.9 Å². The number of urea groups is 1. The first kappa shape index (κ1) is 21.9. The Balaban J connectivity index is 1.80. The molecule has 0 aliphatic carbocycles. The number of anilines is 2. The number of esters is 1. The van der Waals surface area contributed by atoms with Gasteiger partial charge in [-0.2, -0.15) is 11.8 Å². The van der Waals surface area contributed by atoms with Crippen molar-refractivity contribution in [1.82, 2.24) is 5.32 Å². The number of benzene rings is 1. The average Bonchev–Trinajstić information content (AvgIpc) is 2.70. The number of primary amides is 1. The van der Waals surface area contributed by atoms with Gasteiger partial charge in [0.2, 0.25) is 0 Å². The highest BCUT2D eigenvalue weighted by Gasteiger charge is 2.22. The summed E-state index contributed by atoms with van der Waals surface area (Å²) in [6, 6.07) is 5.95. The molecule has 1 atom stereocenters. The maximum Gasteiger partial charge on any atom is 0.329 e. The van der Waals surface area contributed by atoms with Crippen molar-refractivity contribution in [2.24, 2.45) is 5.73 Å². The summed E-state index contributed by atoms with van der Waals surface area (Å²) < 4.78 is 5.02. The average molecular weight is 409 g/mol. The van der Waals surface area contributed by atoms with Gasteiger partial charge >= 0.3 is 12.0 Å². The topological polar surface area (TPSA) is 114 Å². The first-order valence-corrected chi connectivity index (χ1v) is 10.8. The number of hydrogen-bond donors (Lipinski definition) is 3. The second kappa shape index (κ2) is 11.4. The summed E-state index contributed by atoms with van der Waals surface area (Å²) in [4.78, 5) is 37.5. The predicted molar refractivity (Wildman–Crippen MR) is 112 cm³/mol. The number of thioether (sulfide) groups is 1. The van der Waals surface area contributed by atoms with Crippen LogP contribution in [0.5, 0.6) is 0 Å². The molecule has 4 N–H and O–H groups in total. The van der Waals surface area contributed by atoms with Crippen molar-refractivity contribution in [3.63, 3.8) is 0 Å². The molecule has 1 fully saturated rings. The zero-order chi connectivity index (χ0) is 20.4. The van der Waals surface area contributed by atoms with Crippen LogP contribution in [-0.2, 0) is 14.3 Å². The molecular weight excluding hydrogens is 380 g/mol. The third kappa shape index (κ3) is 7.30. The number of nitrogens with two attached hydrogens (primary N) is 1. The molecule has 1 aromatic rings. The van der Waals surface area contributed by atoms with Gasteiger partial charge in [0.25, 0.3) is 5.91 Å². The number of carbonyl (C=O) groups is 3. The minimum absolute atomic E-state index is 0.378. The van der Waals surface area contributed by atoms with Crippen molar-refractivity contribution in [2.75, 3.05) is 41.9 Å². The largest absolute Gasteiger partial charge is 0.454 e. The van der Waals surface area contributed by atoms with E-state index >= 15 is 0 Å². The normalized spacial score (nSPS) is 14.8. The van der Waals surface area contributed by atoms with E-state index < -0.39 is 30.6 Å². The highest BCUT2D eigenvalue weighted by Crippen LogP contribution is 2.21. The van der Waals surface area contributed by atoms with Crippen molar-refractivity contribution in [3.05, 3.63) is 24.3 Å². The minimum atomic E-state index is -0.860. The summed E-state index contributed by atoms with van der Waals surface area (Å²) in [6.45, 7) is 1.68. The lowest BCUT2D eigenvalue weighted by Gasteiger charge is -2.28. The van der Waals surface area contributed by atoms with Crippen LogP contribution in [0.25, 0.3) is 0 Å². The molecule has 0 spiro atoms. The number of amides is 3. The molecule has 1 aromatic carbocycles. The first-order chi connectivity index (χ1) is 13.5. The van der Waals surface area contributed by atoms with E-state index in [0.717, 1.165) is 18.8 Å². The molecule has 3 amide bonds. The minimum Gasteiger partial charge on any atom is -0.454 e. The van der Waals surface area contributed by atoms with Crippen LogP contribution in [0.15, 0.2) is 24.3 Å². The van der Waals surface area contributed by atoms with Crippen LogP contribution in [0.4, 0.5) is 16.2 Å². The fourth-order valence-electron chi connectivity index (χ4n) is 3.00. The molecule has 154 valence electrons. The molecule has 9 heteroatoms. The number of hydrogen-bond acceptors (Lipinski definition) is 6. The van der Waals surface area contributed by atoms with Crippen molar-refractivity contribution in [1.29, 1.82) is 0 Å². The molecule has 2 rings (SSSR count). The van der Waals surface area contributed by atoms with E-state index in [1.807, 2.05) is 30.5 Å². The smallest absolute Gasteiger partial charge is 0.329 e. The van der Waals surface area contributed by atoms with Crippen molar-refractivity contribution in [2.45, 2.75) is 31.7 Å². The van der Waals surface area contributed by atoms with Gasteiger partial charge in [0, 0.05) is 24.5 Å². The molecular formula is C19H28N4O4S. The molecule has 0 radical (unpaired) electrons. The monoisotopic (exact) mass is 408 g/mol. The van der Waals surface area contributed by atoms with E-state index in [1.54, 1.807) is 0 Å². The molecule has 8 nitrogen and oxygen atoms in total. The fraction of sp³-hybridized carbons (Fsp3) is 0.526. The van der Waals surface area contributed by atoms with E-state index in [2.05, 4.69) is 15.5 Å². The quantitative estimate of drug-likeness (QED) is 0.538. The van der Waals surface area contributed by atoms with Crippen LogP contribution in [0, 0.1) is 0 Å². The standard InChI is InChI=1S/C19H28N4O4S/c1-28-12-9-16(22-19(20)26)18(25)27-13-17(24)21-14-5-7-15(8-6-14)23-10-3-2-4-11-23/h5-8,16H,2-4,9-13H2,1H3,(H,21,24)(H3,20,22,26)/t16-/m1/s1. The van der Waals surface area contributed by atoms with Gasteiger partial charge in [-0.05, 0) is 62.0 Å². The first-order valence-electron chi connectivity index (χ1n) is 9.36. The van der Waals surface area contributed by atoms with E-state index in [1.165, 1.54) is 31.0 Å². The fourth-order valence-corrected chi connectivity index (χ4v) is 3.47. The van der Waals surface area contributed by atoms with Crippen molar-refractivity contribution >= 4 is 41.0 Å². The number of rotatable bonds is 9. The van der Waals surface area contributed by atoms with E-state index in [4.69, 9.17) is 10.5 Å². The predicted octanol–water partition coefficient (Wildman–Crippen LogP) is 1.95. The van der Waals surface area contributed by atoms with E-state index in [-0.39, 0.29) is 0 Å². The lowest BCUT2D eigenvalue weighted by molar-refractivity contribution is -0.149. The summed E-state index contributed by atoms with van der Waals surface area (Å²) in [5, 5.41) is 5.04. The number of nitrogens with one attached hydrogen (secondary N) is 2. The molecule has 0 aromatic heterocycles. The molecule has 1 saturated heterocycles. The van der Waals surface area contributed by atoms with Crippen LogP contribution in [0.3, 0.4) is 0 Å². The summed E-state index contributed by atoms with van der Waals surface area (Å²) in [6.07, 6.45) is 5.94. The molecule has 28 heavy (non-hydrogen) atoms. The van der Waals surface area contributed by atoms with Crippen LogP contribution < -0.4 is 21.3 Å². The van der Waals surface area contributed by atoms with Crippen LogP contribution in [-0.4, -0.2) is 55.7 Å². The molecule has 1 aliphatic heterocycles. The molecule has 1 aliphatic rings. The Morgan fingerprint density at radius 3 is 2.46 bits per heavy atom. The third-order valence-corrected chi connectivity index (χ3v) is 5.07. The lowest BCUT2D eigenvalue weighted by atomic mass is 10.1. The second-order valence-corrected chi connectivity index (χ2v) is 7.58. The van der Waals surface area contributed by atoms with Crippen LogP contribution >= 0.6 is 11.8 Å². The highest BCUT2D eigenvalue weighted by atomic mass is 32.2. The summed E-state index contributed by atoms with van der Waals surface area (Å²) in [5.74, 6) is -0.472. The number of ether oxygens (including phenoxy) is 1. The van der Waals surface area contributed by atoms with Gasteiger partial charge in [0.05, 0.1) is 0 Å². The Morgan fingerprint density at radius 2 is 1.86 bits per heavy atom. The molecule has 0 bridgehead atoms. The maximum absolute atomic E-state index is 12.1. The summed E-state index contributed by atoms with van der Waals surface area (Å²) >= 11 is 1.53. The maximum atomic E-state index is 12.1. The molecule has 1 heterocycles. The summed E-state index contributed by atoms with van der Waals surface area (Å²) in [5.41, 5.74) is 6.85. The van der Waals surface area contributed by atoms with Gasteiger partial charge < -0.3 is 26.0 Å². The highest BCUT2D eigenvalue weighted by molar-refractivity contribution is 7.98. The Hall–Kier alpha value is -2.42. The Morgan fingerprint density at radius 1 is 1.18 bits per heavy atom. The van der Waals surface area contributed by atoms with Gasteiger partial charge in [0.1, 0.15) is 6.04 Å². The van der Waals surface area contributed by atoms with Gasteiger partial charge in [-0.15, -0.1) is 0 Å². The van der Waals surface area contributed by atoms with Gasteiger partial charge in [0.15, 0.2) is 6.61 Å². The zero-order valence-corrected chi connectivity index (χ0v) is 16.9. The Kier molecular flexibility index (Phi) is 8.93. The van der Waals surface area contributed by atoms with Crippen molar-refractivity contribution in [3.8, 4) is 0 Å². The van der Waals surface area contributed by atoms with Crippen LogP contribution in [0.1, 0.15) is 25.7 Å². The number of nitrogens with zero attached hydrogens (tertiary/aromatic N) is 1. The molecule has 0 saturated carbocycles. The number of piperidine rings is 1. The van der Waals surface area contributed by atoms with Gasteiger partial charge in [-0.3, -0.25) is 4.79 Å². The Labute approximate surface area is 169 Å². The SMILES string of the molecule is CSCC[C@@H](NC(N)=O)C(=O)OCC(=O)Nc1ccc(N2CCCCC2)cc1. The lowest BCUT2D eigenvalue weighted by Crippen LogP contribution is -2.45. The Bertz CT molecular complexity index is 662. The van der Waals surface area contributed by atoms with Gasteiger partial charge in [-0.1, -0.05) is 0 Å².